The van der Waals surface area contributed by atoms with E-state index in [-0.39, 0.29) is 12.2 Å². The monoisotopic (exact) mass is 332 g/mol. The van der Waals surface area contributed by atoms with Crippen LogP contribution in [-0.4, -0.2) is 30.3 Å². The molecule has 25 heavy (non-hydrogen) atoms. The molecule has 0 saturated carbocycles. The van der Waals surface area contributed by atoms with Gasteiger partial charge >= 0.3 is 0 Å². The van der Waals surface area contributed by atoms with Crippen LogP contribution in [0.4, 0.5) is 5.82 Å². The molecule has 0 unspecified atom stereocenters. The average Bonchev–Trinajstić information content (AvgIpc) is 2.60. The largest absolute Gasteiger partial charge is 0.372 e. The SMILES string of the molecule is Cc1ccc(-c2cc3ccccc3nc2N2C[C@H](C)O[C@@H](C)C2)cc1. The van der Waals surface area contributed by atoms with Gasteiger partial charge in [0.1, 0.15) is 5.82 Å². The molecule has 1 saturated heterocycles. The molecule has 0 spiro atoms. The van der Waals surface area contributed by atoms with Gasteiger partial charge in [-0.3, -0.25) is 0 Å². The highest BCUT2D eigenvalue weighted by Crippen LogP contribution is 2.34. The second-order valence-corrected chi connectivity index (χ2v) is 7.08. The Morgan fingerprint density at radius 1 is 0.960 bits per heavy atom. The molecule has 2 aromatic carbocycles. The standard InChI is InChI=1S/C22H24N2O/c1-15-8-10-18(11-9-15)20-12-19-6-4-5-7-21(19)23-22(20)24-13-16(2)25-17(3)14-24/h4-12,16-17H,13-14H2,1-3H3/t16-,17-/m0/s1. The van der Waals surface area contributed by atoms with E-state index in [2.05, 4.69) is 80.3 Å². The highest BCUT2D eigenvalue weighted by molar-refractivity contribution is 5.89. The number of morpholine rings is 1. The molecular weight excluding hydrogens is 308 g/mol. The van der Waals surface area contributed by atoms with E-state index in [4.69, 9.17) is 9.72 Å². The molecule has 0 radical (unpaired) electrons. The third-order valence-electron chi connectivity index (χ3n) is 4.79. The number of pyridine rings is 1. The van der Waals surface area contributed by atoms with Gasteiger partial charge in [-0.2, -0.15) is 0 Å². The van der Waals surface area contributed by atoms with E-state index in [1.165, 1.54) is 22.1 Å². The van der Waals surface area contributed by atoms with Gasteiger partial charge in [0, 0.05) is 24.0 Å². The predicted molar refractivity (Wildman–Crippen MR) is 104 cm³/mol. The van der Waals surface area contributed by atoms with Crippen molar-refractivity contribution in [3.8, 4) is 11.1 Å². The molecule has 1 aliphatic heterocycles. The number of ether oxygens (including phenoxy) is 1. The van der Waals surface area contributed by atoms with Gasteiger partial charge in [-0.05, 0) is 38.5 Å². The number of aryl methyl sites for hydroxylation is 1. The van der Waals surface area contributed by atoms with Gasteiger partial charge in [-0.25, -0.2) is 4.98 Å². The van der Waals surface area contributed by atoms with Gasteiger partial charge in [-0.15, -0.1) is 0 Å². The number of hydrogen-bond donors (Lipinski definition) is 0. The summed E-state index contributed by atoms with van der Waals surface area (Å²) in [5.41, 5.74) is 4.72. The van der Waals surface area contributed by atoms with Crippen LogP contribution in [0.15, 0.2) is 54.6 Å². The number of anilines is 1. The molecule has 128 valence electrons. The van der Waals surface area contributed by atoms with Crippen LogP contribution in [0.3, 0.4) is 0 Å². The van der Waals surface area contributed by atoms with E-state index in [1.807, 2.05) is 0 Å². The third-order valence-corrected chi connectivity index (χ3v) is 4.79. The first-order valence-corrected chi connectivity index (χ1v) is 8.97. The molecule has 0 bridgehead atoms. The lowest BCUT2D eigenvalue weighted by Crippen LogP contribution is -2.46. The van der Waals surface area contributed by atoms with E-state index >= 15 is 0 Å². The summed E-state index contributed by atoms with van der Waals surface area (Å²) in [7, 11) is 0. The van der Waals surface area contributed by atoms with E-state index in [0.717, 1.165) is 24.4 Å². The van der Waals surface area contributed by atoms with Crippen molar-refractivity contribution in [3.05, 3.63) is 60.2 Å². The van der Waals surface area contributed by atoms with Crippen molar-refractivity contribution in [2.24, 2.45) is 0 Å². The van der Waals surface area contributed by atoms with Gasteiger partial charge < -0.3 is 9.64 Å². The van der Waals surface area contributed by atoms with Crippen molar-refractivity contribution in [1.82, 2.24) is 4.98 Å². The first-order chi connectivity index (χ1) is 12.1. The Hall–Kier alpha value is -2.39. The highest BCUT2D eigenvalue weighted by atomic mass is 16.5. The van der Waals surface area contributed by atoms with Crippen molar-refractivity contribution in [2.45, 2.75) is 33.0 Å². The Morgan fingerprint density at radius 3 is 2.36 bits per heavy atom. The van der Waals surface area contributed by atoms with Crippen LogP contribution in [0.2, 0.25) is 0 Å². The second kappa shape index (κ2) is 6.49. The van der Waals surface area contributed by atoms with Gasteiger partial charge in [0.2, 0.25) is 0 Å². The van der Waals surface area contributed by atoms with E-state index < -0.39 is 0 Å². The molecule has 3 aromatic rings. The molecule has 1 aliphatic rings. The maximum atomic E-state index is 5.92. The summed E-state index contributed by atoms with van der Waals surface area (Å²) in [6.07, 6.45) is 0.422. The zero-order valence-electron chi connectivity index (χ0n) is 15.1. The van der Waals surface area contributed by atoms with E-state index in [0.29, 0.717) is 0 Å². The lowest BCUT2D eigenvalue weighted by Gasteiger charge is -2.37. The molecular formula is C22H24N2O. The van der Waals surface area contributed by atoms with Crippen LogP contribution in [0.5, 0.6) is 0 Å². The number of aromatic nitrogens is 1. The maximum absolute atomic E-state index is 5.92. The van der Waals surface area contributed by atoms with Crippen molar-refractivity contribution in [2.75, 3.05) is 18.0 Å². The van der Waals surface area contributed by atoms with E-state index in [1.54, 1.807) is 0 Å². The summed E-state index contributed by atoms with van der Waals surface area (Å²) < 4.78 is 5.92. The molecule has 0 aliphatic carbocycles. The molecule has 2 atom stereocenters. The van der Waals surface area contributed by atoms with Gasteiger partial charge in [-0.1, -0.05) is 48.0 Å². The summed E-state index contributed by atoms with van der Waals surface area (Å²) in [5, 5.41) is 1.18. The lowest BCUT2D eigenvalue weighted by atomic mass is 10.0. The molecule has 1 fully saturated rings. The fourth-order valence-electron chi connectivity index (χ4n) is 3.64. The smallest absolute Gasteiger partial charge is 0.137 e. The molecule has 0 amide bonds. The van der Waals surface area contributed by atoms with Crippen LogP contribution in [0, 0.1) is 6.92 Å². The third kappa shape index (κ3) is 3.24. The molecule has 4 rings (SSSR count). The zero-order valence-corrected chi connectivity index (χ0v) is 15.1. The number of hydrogen-bond acceptors (Lipinski definition) is 3. The van der Waals surface area contributed by atoms with Gasteiger partial charge in [0.25, 0.3) is 0 Å². The van der Waals surface area contributed by atoms with Gasteiger partial charge in [0.15, 0.2) is 0 Å². The fraction of sp³-hybridized carbons (Fsp3) is 0.318. The zero-order chi connectivity index (χ0) is 17.4. The van der Waals surface area contributed by atoms with Crippen LogP contribution in [0.25, 0.3) is 22.0 Å². The van der Waals surface area contributed by atoms with Crippen molar-refractivity contribution >= 4 is 16.7 Å². The van der Waals surface area contributed by atoms with Gasteiger partial charge in [0.05, 0.1) is 17.7 Å². The van der Waals surface area contributed by atoms with Crippen molar-refractivity contribution in [3.63, 3.8) is 0 Å². The molecule has 0 N–H and O–H groups in total. The minimum absolute atomic E-state index is 0.211. The summed E-state index contributed by atoms with van der Waals surface area (Å²) in [4.78, 5) is 7.41. The molecule has 3 heteroatoms. The van der Waals surface area contributed by atoms with Crippen molar-refractivity contribution in [1.29, 1.82) is 0 Å². The normalized spacial score (nSPS) is 20.8. The topological polar surface area (TPSA) is 25.4 Å². The maximum Gasteiger partial charge on any atom is 0.137 e. The Bertz CT molecular complexity index is 878. The van der Waals surface area contributed by atoms with Crippen LogP contribution >= 0.6 is 0 Å². The molecule has 3 nitrogen and oxygen atoms in total. The summed E-state index contributed by atoms with van der Waals surface area (Å²) >= 11 is 0. The minimum Gasteiger partial charge on any atom is -0.372 e. The summed E-state index contributed by atoms with van der Waals surface area (Å²) in [5.74, 6) is 1.06. The first kappa shape index (κ1) is 16.1. The van der Waals surface area contributed by atoms with E-state index in [9.17, 15) is 0 Å². The first-order valence-electron chi connectivity index (χ1n) is 8.97. The Morgan fingerprint density at radius 2 is 1.64 bits per heavy atom. The summed E-state index contributed by atoms with van der Waals surface area (Å²) in [6.45, 7) is 8.13. The molecule has 2 heterocycles. The minimum atomic E-state index is 0.211. The number of benzene rings is 2. The van der Waals surface area contributed by atoms with Crippen LogP contribution < -0.4 is 4.90 Å². The predicted octanol–water partition coefficient (Wildman–Crippen LogP) is 4.82. The Labute approximate surface area is 149 Å². The summed E-state index contributed by atoms with van der Waals surface area (Å²) in [6, 6.07) is 19.3. The number of nitrogens with zero attached hydrogens (tertiary/aromatic N) is 2. The average molecular weight is 332 g/mol. The Kier molecular flexibility index (Phi) is 4.18. The lowest BCUT2D eigenvalue weighted by molar-refractivity contribution is -0.00540. The quantitative estimate of drug-likeness (QED) is 0.672. The Balaban J connectivity index is 1.88. The fourth-order valence-corrected chi connectivity index (χ4v) is 3.64. The van der Waals surface area contributed by atoms with Crippen LogP contribution in [0.1, 0.15) is 19.4 Å². The number of fused-ring (bicyclic) bond motifs is 1. The number of para-hydroxylation sites is 1. The second-order valence-electron chi connectivity index (χ2n) is 7.08. The van der Waals surface area contributed by atoms with Crippen LogP contribution in [-0.2, 0) is 4.74 Å². The highest BCUT2D eigenvalue weighted by Gasteiger charge is 2.25. The molecule has 1 aromatic heterocycles. The van der Waals surface area contributed by atoms with Crippen molar-refractivity contribution < 1.29 is 4.74 Å². The number of rotatable bonds is 2.